The number of furan rings is 1. The van der Waals surface area contributed by atoms with Crippen LogP contribution in [0.15, 0.2) is 70.2 Å². The van der Waals surface area contributed by atoms with Crippen molar-refractivity contribution in [2.75, 3.05) is 0 Å². The van der Waals surface area contributed by atoms with Crippen LogP contribution in [0.1, 0.15) is 45.5 Å². The van der Waals surface area contributed by atoms with Gasteiger partial charge in [-0.05, 0) is 37.6 Å². The predicted molar refractivity (Wildman–Crippen MR) is 103 cm³/mol. The molecule has 1 unspecified atom stereocenters. The molecule has 0 saturated heterocycles. The number of aryl methyl sites for hydroxylation is 2. The van der Waals surface area contributed by atoms with Crippen molar-refractivity contribution in [1.29, 1.82) is 0 Å². The molecular formula is C22H20N2O3. The summed E-state index contributed by atoms with van der Waals surface area (Å²) in [6, 6.07) is 19.5. The minimum Gasteiger partial charge on any atom is -0.485 e. The van der Waals surface area contributed by atoms with Crippen LogP contribution in [0.2, 0.25) is 0 Å². The highest BCUT2D eigenvalue weighted by Gasteiger charge is 2.26. The van der Waals surface area contributed by atoms with Gasteiger partial charge in [-0.1, -0.05) is 42.5 Å². The molecule has 4 rings (SSSR count). The quantitative estimate of drug-likeness (QED) is 0.697. The summed E-state index contributed by atoms with van der Waals surface area (Å²) in [6.07, 6.45) is 0.430. The fraction of sp³-hybridized carbons (Fsp3) is 0.182. The van der Waals surface area contributed by atoms with Gasteiger partial charge in [0.25, 0.3) is 5.91 Å². The number of amides is 1. The Balaban J connectivity index is 1.63. The molecule has 136 valence electrons. The van der Waals surface area contributed by atoms with Crippen molar-refractivity contribution in [2.45, 2.75) is 26.4 Å². The number of hydrogen-bond acceptors (Lipinski definition) is 4. The number of rotatable bonds is 3. The maximum atomic E-state index is 12.5. The van der Waals surface area contributed by atoms with E-state index in [1.54, 1.807) is 13.0 Å². The second-order valence-corrected chi connectivity index (χ2v) is 6.54. The molecule has 0 aliphatic carbocycles. The van der Waals surface area contributed by atoms with Gasteiger partial charge in [0.05, 0.1) is 11.3 Å². The Hall–Kier alpha value is -3.34. The summed E-state index contributed by atoms with van der Waals surface area (Å²) >= 11 is 0. The summed E-state index contributed by atoms with van der Waals surface area (Å²) in [6.45, 7) is 3.58. The van der Waals surface area contributed by atoms with Gasteiger partial charge in [-0.15, -0.1) is 0 Å². The van der Waals surface area contributed by atoms with Gasteiger partial charge >= 0.3 is 0 Å². The Morgan fingerprint density at radius 2 is 1.81 bits per heavy atom. The van der Waals surface area contributed by atoms with Crippen LogP contribution in [0, 0.1) is 13.8 Å². The highest BCUT2D eigenvalue weighted by molar-refractivity contribution is 6.05. The Kier molecular flexibility index (Phi) is 4.50. The van der Waals surface area contributed by atoms with Gasteiger partial charge in [-0.25, -0.2) is 5.43 Å². The lowest BCUT2D eigenvalue weighted by molar-refractivity contribution is 0.0952. The summed E-state index contributed by atoms with van der Waals surface area (Å²) in [5, 5.41) is 4.42. The number of fused-ring (bicyclic) bond motifs is 1. The molecule has 0 spiro atoms. The minimum absolute atomic E-state index is 0.144. The zero-order chi connectivity index (χ0) is 18.8. The largest absolute Gasteiger partial charge is 0.485 e. The number of nitrogens with zero attached hydrogens (tertiary/aromatic N) is 1. The molecule has 0 bridgehead atoms. The third kappa shape index (κ3) is 3.49. The first-order valence-corrected chi connectivity index (χ1v) is 8.87. The highest BCUT2D eigenvalue weighted by Crippen LogP contribution is 2.34. The average molecular weight is 360 g/mol. The molecule has 0 fully saturated rings. The zero-order valence-corrected chi connectivity index (χ0v) is 15.2. The van der Waals surface area contributed by atoms with Crippen molar-refractivity contribution in [3.63, 3.8) is 0 Å². The van der Waals surface area contributed by atoms with Gasteiger partial charge in [0.1, 0.15) is 23.4 Å². The SMILES string of the molecule is Cc1cc(C(=O)N/N=C2\CC(c3ccccc3)Oc3ccccc32)c(C)o1. The molecule has 1 N–H and O–H groups in total. The molecule has 1 aromatic heterocycles. The van der Waals surface area contributed by atoms with Gasteiger partial charge in [0.2, 0.25) is 0 Å². The second kappa shape index (κ2) is 7.11. The lowest BCUT2D eigenvalue weighted by atomic mass is 9.96. The van der Waals surface area contributed by atoms with Gasteiger partial charge < -0.3 is 9.15 Å². The monoisotopic (exact) mass is 360 g/mol. The van der Waals surface area contributed by atoms with Crippen LogP contribution in [0.25, 0.3) is 0 Å². The van der Waals surface area contributed by atoms with Crippen LogP contribution in [0.4, 0.5) is 0 Å². The van der Waals surface area contributed by atoms with Crippen molar-refractivity contribution in [3.8, 4) is 5.75 Å². The first-order valence-electron chi connectivity index (χ1n) is 8.87. The van der Waals surface area contributed by atoms with E-state index >= 15 is 0 Å². The topological polar surface area (TPSA) is 63.8 Å². The molecule has 1 amide bonds. The number of nitrogens with one attached hydrogen (secondary N) is 1. The Morgan fingerprint density at radius 1 is 1.07 bits per heavy atom. The molecule has 27 heavy (non-hydrogen) atoms. The van der Waals surface area contributed by atoms with E-state index in [2.05, 4.69) is 10.5 Å². The van der Waals surface area contributed by atoms with E-state index in [-0.39, 0.29) is 12.0 Å². The minimum atomic E-state index is -0.280. The number of para-hydroxylation sites is 1. The van der Waals surface area contributed by atoms with E-state index in [4.69, 9.17) is 9.15 Å². The van der Waals surface area contributed by atoms with Crippen LogP contribution in [0.5, 0.6) is 5.75 Å². The maximum Gasteiger partial charge on any atom is 0.274 e. The number of carbonyl (C=O) groups is 1. The van der Waals surface area contributed by atoms with Crippen molar-refractivity contribution >= 4 is 11.6 Å². The molecular weight excluding hydrogens is 340 g/mol. The molecule has 0 saturated carbocycles. The molecule has 3 aromatic rings. The normalized spacial score (nSPS) is 17.3. The number of hydrogen-bond donors (Lipinski definition) is 1. The van der Waals surface area contributed by atoms with Crippen LogP contribution in [-0.4, -0.2) is 11.6 Å². The van der Waals surface area contributed by atoms with Crippen LogP contribution in [0.3, 0.4) is 0 Å². The molecule has 2 heterocycles. The Morgan fingerprint density at radius 3 is 2.56 bits per heavy atom. The molecule has 2 aromatic carbocycles. The van der Waals surface area contributed by atoms with Crippen LogP contribution in [-0.2, 0) is 0 Å². The fourth-order valence-corrected chi connectivity index (χ4v) is 3.28. The first kappa shape index (κ1) is 17.1. The van der Waals surface area contributed by atoms with Crippen molar-refractivity contribution < 1.29 is 13.9 Å². The number of hydrazone groups is 1. The average Bonchev–Trinajstić information content (AvgIpc) is 3.04. The molecule has 1 aliphatic rings. The first-order chi connectivity index (χ1) is 13.1. The standard InChI is InChI=1S/C22H20N2O3/c1-14-12-18(15(2)26-14)22(25)24-23-19-13-21(16-8-4-3-5-9-16)27-20-11-7-6-10-17(19)20/h3-12,21H,13H2,1-2H3,(H,24,25)/b23-19+. The molecule has 0 radical (unpaired) electrons. The fourth-order valence-electron chi connectivity index (χ4n) is 3.28. The number of ether oxygens (including phenoxy) is 1. The van der Waals surface area contributed by atoms with Crippen LogP contribution >= 0.6 is 0 Å². The van der Waals surface area contributed by atoms with Gasteiger partial charge in [0, 0.05) is 12.0 Å². The van der Waals surface area contributed by atoms with Gasteiger partial charge in [0.15, 0.2) is 0 Å². The molecule has 1 atom stereocenters. The third-order valence-corrected chi connectivity index (χ3v) is 4.60. The third-order valence-electron chi connectivity index (χ3n) is 4.60. The zero-order valence-electron chi connectivity index (χ0n) is 15.2. The lowest BCUT2D eigenvalue weighted by Crippen LogP contribution is -2.25. The summed E-state index contributed by atoms with van der Waals surface area (Å²) in [5.74, 6) is 1.77. The Bertz CT molecular complexity index is 1010. The Labute approximate surface area is 157 Å². The van der Waals surface area contributed by atoms with E-state index < -0.39 is 0 Å². The summed E-state index contributed by atoms with van der Waals surface area (Å²) in [7, 11) is 0. The molecule has 5 heteroatoms. The van der Waals surface area contributed by atoms with Crippen molar-refractivity contribution in [2.24, 2.45) is 5.10 Å². The summed E-state index contributed by atoms with van der Waals surface area (Å²) in [5.41, 5.74) is 5.92. The molecule has 1 aliphatic heterocycles. The van der Waals surface area contributed by atoms with E-state index in [9.17, 15) is 4.79 Å². The van der Waals surface area contributed by atoms with Crippen LogP contribution < -0.4 is 10.2 Å². The molecule has 5 nitrogen and oxygen atoms in total. The smallest absolute Gasteiger partial charge is 0.274 e. The van der Waals surface area contributed by atoms with E-state index in [1.807, 2.05) is 61.5 Å². The highest BCUT2D eigenvalue weighted by atomic mass is 16.5. The van der Waals surface area contributed by atoms with E-state index in [0.717, 1.165) is 22.6 Å². The lowest BCUT2D eigenvalue weighted by Gasteiger charge is -2.27. The van der Waals surface area contributed by atoms with Crippen molar-refractivity contribution in [3.05, 3.63) is 88.9 Å². The number of carbonyl (C=O) groups excluding carboxylic acids is 1. The van der Waals surface area contributed by atoms with Crippen molar-refractivity contribution in [1.82, 2.24) is 5.43 Å². The summed E-state index contributed by atoms with van der Waals surface area (Å²) in [4.78, 5) is 12.5. The predicted octanol–water partition coefficient (Wildman–Crippen LogP) is 4.55. The summed E-state index contributed by atoms with van der Waals surface area (Å²) < 4.78 is 11.6. The van der Waals surface area contributed by atoms with Gasteiger partial charge in [-0.3, -0.25) is 4.79 Å². The van der Waals surface area contributed by atoms with E-state index in [1.165, 1.54) is 0 Å². The van der Waals surface area contributed by atoms with E-state index in [0.29, 0.717) is 23.5 Å². The second-order valence-electron chi connectivity index (χ2n) is 6.54. The number of benzene rings is 2. The maximum absolute atomic E-state index is 12.5. The van der Waals surface area contributed by atoms with Gasteiger partial charge in [-0.2, -0.15) is 5.10 Å².